The van der Waals surface area contributed by atoms with Crippen LogP contribution in [0, 0.1) is 0 Å². The van der Waals surface area contributed by atoms with Crippen LogP contribution in [0.4, 0.5) is 5.13 Å². The molecular formula is C16H20BrN5O3S2. The maximum Gasteiger partial charge on any atom is 0.250 e. The van der Waals surface area contributed by atoms with Crippen molar-refractivity contribution in [1.29, 1.82) is 0 Å². The maximum atomic E-state index is 11.8. The minimum atomic E-state index is -0.254. The Morgan fingerprint density at radius 1 is 1.48 bits per heavy atom. The lowest BCUT2D eigenvalue weighted by molar-refractivity contribution is -0.118. The molecule has 1 aromatic heterocycles. The zero-order valence-electron chi connectivity index (χ0n) is 14.9. The van der Waals surface area contributed by atoms with Crippen molar-refractivity contribution in [2.24, 2.45) is 5.10 Å². The molecule has 1 amide bonds. The van der Waals surface area contributed by atoms with Gasteiger partial charge in [-0.15, -0.1) is 10.2 Å². The van der Waals surface area contributed by atoms with Crippen LogP contribution in [0.3, 0.4) is 0 Å². The summed E-state index contributed by atoms with van der Waals surface area (Å²) >= 11 is 5.97. The normalized spacial score (nSPS) is 10.9. The van der Waals surface area contributed by atoms with Crippen LogP contribution in [0.15, 0.2) is 26.0 Å². The number of carbonyl (C=O) groups excluding carboxylic acids is 1. The molecule has 0 bridgehead atoms. The molecule has 0 unspecified atom stereocenters. The van der Waals surface area contributed by atoms with E-state index >= 15 is 0 Å². The number of hydrogen-bond acceptors (Lipinski definition) is 9. The molecule has 0 aliphatic rings. The Bertz CT molecular complexity index is 800. The highest BCUT2D eigenvalue weighted by Gasteiger charge is 2.11. The van der Waals surface area contributed by atoms with Crippen molar-refractivity contribution < 1.29 is 14.3 Å². The summed E-state index contributed by atoms with van der Waals surface area (Å²) in [6.07, 6.45) is 3.55. The van der Waals surface area contributed by atoms with E-state index in [1.165, 1.54) is 29.3 Å². The molecular weight excluding hydrogens is 454 g/mol. The molecule has 11 heteroatoms. The van der Waals surface area contributed by atoms with Gasteiger partial charge in [-0.05, 0) is 40.0 Å². The van der Waals surface area contributed by atoms with Gasteiger partial charge in [0.2, 0.25) is 5.13 Å². The van der Waals surface area contributed by atoms with Crippen LogP contribution in [-0.2, 0) is 4.79 Å². The van der Waals surface area contributed by atoms with E-state index < -0.39 is 0 Å². The monoisotopic (exact) mass is 473 g/mol. The molecule has 8 nitrogen and oxygen atoms in total. The van der Waals surface area contributed by atoms with E-state index in [2.05, 4.69) is 43.6 Å². The fraction of sp³-hybridized carbons (Fsp3) is 0.375. The lowest BCUT2D eigenvalue weighted by atomic mass is 10.2. The van der Waals surface area contributed by atoms with Gasteiger partial charge in [0.05, 0.1) is 30.2 Å². The van der Waals surface area contributed by atoms with Gasteiger partial charge in [0.25, 0.3) is 5.91 Å². The molecule has 0 atom stereocenters. The lowest BCUT2D eigenvalue weighted by Gasteiger charge is -2.13. The van der Waals surface area contributed by atoms with Crippen LogP contribution < -0.4 is 20.6 Å². The number of nitrogens with two attached hydrogens (primary N) is 1. The predicted molar refractivity (Wildman–Crippen MR) is 112 cm³/mol. The van der Waals surface area contributed by atoms with E-state index in [-0.39, 0.29) is 11.7 Å². The van der Waals surface area contributed by atoms with Crippen LogP contribution in [0.1, 0.15) is 25.3 Å². The second kappa shape index (κ2) is 11.1. The zero-order chi connectivity index (χ0) is 19.6. The van der Waals surface area contributed by atoms with Crippen LogP contribution in [0.5, 0.6) is 11.5 Å². The first-order chi connectivity index (χ1) is 13.0. The number of unbranched alkanes of at least 4 members (excludes halogenated alkanes) is 1. The molecule has 1 heterocycles. The van der Waals surface area contributed by atoms with E-state index in [0.717, 1.165) is 22.9 Å². The Hall–Kier alpha value is -1.85. The zero-order valence-corrected chi connectivity index (χ0v) is 18.1. The van der Waals surface area contributed by atoms with Gasteiger partial charge in [0, 0.05) is 0 Å². The molecule has 0 aliphatic heterocycles. The third kappa shape index (κ3) is 7.00. The van der Waals surface area contributed by atoms with Crippen molar-refractivity contribution in [3.8, 4) is 11.5 Å². The summed E-state index contributed by atoms with van der Waals surface area (Å²) < 4.78 is 12.5. The second-order valence-corrected chi connectivity index (χ2v) is 8.31. The number of carbonyl (C=O) groups is 1. The average Bonchev–Trinajstić information content (AvgIpc) is 3.06. The van der Waals surface area contributed by atoms with Gasteiger partial charge < -0.3 is 15.2 Å². The smallest absolute Gasteiger partial charge is 0.250 e. The van der Waals surface area contributed by atoms with E-state index in [1.54, 1.807) is 13.2 Å². The van der Waals surface area contributed by atoms with Gasteiger partial charge in [-0.1, -0.05) is 36.4 Å². The number of anilines is 1. The minimum absolute atomic E-state index is 0.170. The Balaban J connectivity index is 1.91. The largest absolute Gasteiger partial charge is 0.493 e. The van der Waals surface area contributed by atoms with Gasteiger partial charge in [-0.25, -0.2) is 5.43 Å². The first kappa shape index (κ1) is 21.5. The highest BCUT2D eigenvalue weighted by atomic mass is 79.9. The number of ether oxygens (including phenoxy) is 2. The molecule has 27 heavy (non-hydrogen) atoms. The number of nitrogen functional groups attached to an aromatic ring is 1. The number of hydrogen-bond donors (Lipinski definition) is 2. The summed E-state index contributed by atoms with van der Waals surface area (Å²) in [5, 5.41) is 11.9. The second-order valence-electron chi connectivity index (χ2n) is 5.22. The molecule has 1 aromatic carbocycles. The quantitative estimate of drug-likeness (QED) is 0.235. The third-order valence-corrected chi connectivity index (χ3v) is 5.62. The highest BCUT2D eigenvalue weighted by molar-refractivity contribution is 9.10. The van der Waals surface area contributed by atoms with Crippen LogP contribution in [0.2, 0.25) is 0 Å². The Morgan fingerprint density at radius 3 is 2.96 bits per heavy atom. The topological polar surface area (TPSA) is 112 Å². The third-order valence-electron chi connectivity index (χ3n) is 3.15. The van der Waals surface area contributed by atoms with Crippen LogP contribution >= 0.6 is 39.0 Å². The molecule has 0 spiro atoms. The number of aromatic nitrogens is 2. The van der Waals surface area contributed by atoms with Gasteiger partial charge in [-0.3, -0.25) is 4.79 Å². The molecule has 0 saturated carbocycles. The number of amides is 1. The number of hydrazone groups is 1. The van der Waals surface area contributed by atoms with Gasteiger partial charge >= 0.3 is 0 Å². The highest BCUT2D eigenvalue weighted by Crippen LogP contribution is 2.36. The first-order valence-corrected chi connectivity index (χ1v) is 10.7. The standard InChI is InChI=1S/C16H20BrN5O3S2/c1-3-4-5-25-14-11(17)6-10(7-12(14)24-2)8-19-20-13(23)9-26-16-22-21-15(18)27-16/h6-8H,3-5,9H2,1-2H3,(H2,18,21)(H,20,23). The maximum absolute atomic E-state index is 11.8. The first-order valence-electron chi connectivity index (χ1n) is 8.07. The lowest BCUT2D eigenvalue weighted by Crippen LogP contribution is -2.19. The number of benzene rings is 1. The van der Waals surface area contributed by atoms with Crippen molar-refractivity contribution in [2.45, 2.75) is 24.1 Å². The molecule has 2 aromatic rings. The van der Waals surface area contributed by atoms with Crippen molar-refractivity contribution in [3.05, 3.63) is 22.2 Å². The summed E-state index contributed by atoms with van der Waals surface area (Å²) in [4.78, 5) is 11.8. The van der Waals surface area contributed by atoms with Crippen LogP contribution in [-0.4, -0.2) is 41.8 Å². The van der Waals surface area contributed by atoms with E-state index in [0.29, 0.717) is 27.6 Å². The molecule has 2 rings (SSSR count). The molecule has 3 N–H and O–H groups in total. The predicted octanol–water partition coefficient (Wildman–Crippen LogP) is 3.31. The van der Waals surface area contributed by atoms with E-state index in [9.17, 15) is 4.79 Å². The minimum Gasteiger partial charge on any atom is -0.493 e. The number of nitrogens with one attached hydrogen (secondary N) is 1. The fourth-order valence-corrected chi connectivity index (χ4v) is 3.89. The number of halogens is 1. The Labute approximate surface area is 174 Å². The molecule has 146 valence electrons. The summed E-state index contributed by atoms with van der Waals surface area (Å²) in [6.45, 7) is 2.72. The van der Waals surface area contributed by atoms with E-state index in [1.807, 2.05) is 6.07 Å². The van der Waals surface area contributed by atoms with Crippen LogP contribution in [0.25, 0.3) is 0 Å². The summed E-state index contributed by atoms with van der Waals surface area (Å²) in [5.74, 6) is 1.16. The van der Waals surface area contributed by atoms with Gasteiger partial charge in [0.1, 0.15) is 0 Å². The average molecular weight is 474 g/mol. The number of thioether (sulfide) groups is 1. The number of nitrogens with zero attached hydrogens (tertiary/aromatic N) is 3. The van der Waals surface area contributed by atoms with Gasteiger partial charge in [-0.2, -0.15) is 5.10 Å². The SMILES string of the molecule is CCCCOc1c(Br)cc(C=NNC(=O)CSc2nnc(N)s2)cc1OC. The summed E-state index contributed by atoms with van der Waals surface area (Å²) in [6, 6.07) is 3.64. The Morgan fingerprint density at radius 2 is 2.30 bits per heavy atom. The van der Waals surface area contributed by atoms with Crippen molar-refractivity contribution in [3.63, 3.8) is 0 Å². The molecule has 0 saturated heterocycles. The fourth-order valence-electron chi connectivity index (χ4n) is 1.89. The number of methoxy groups -OCH3 is 1. The van der Waals surface area contributed by atoms with Crippen molar-refractivity contribution >= 4 is 56.3 Å². The number of rotatable bonds is 10. The van der Waals surface area contributed by atoms with Gasteiger partial charge in [0.15, 0.2) is 15.8 Å². The van der Waals surface area contributed by atoms with Crippen molar-refractivity contribution in [2.75, 3.05) is 25.2 Å². The van der Waals surface area contributed by atoms with E-state index in [4.69, 9.17) is 15.2 Å². The Kier molecular flexibility index (Phi) is 8.82. The molecule has 0 aliphatic carbocycles. The van der Waals surface area contributed by atoms with Crippen molar-refractivity contribution in [1.82, 2.24) is 15.6 Å². The summed E-state index contributed by atoms with van der Waals surface area (Å²) in [5.41, 5.74) is 8.72. The molecule has 0 radical (unpaired) electrons. The molecule has 0 fully saturated rings. The summed E-state index contributed by atoms with van der Waals surface area (Å²) in [7, 11) is 1.58.